The molecule has 134 valence electrons. The van der Waals surface area contributed by atoms with Gasteiger partial charge in [-0.1, -0.05) is 36.4 Å². The number of benzene rings is 2. The predicted octanol–water partition coefficient (Wildman–Crippen LogP) is 5.08. The molecule has 0 bridgehead atoms. The topological polar surface area (TPSA) is 13.1 Å². The van der Waals surface area contributed by atoms with Crippen LogP contribution in [-0.4, -0.2) is 20.1 Å². The molecule has 3 heteroatoms. The van der Waals surface area contributed by atoms with Crippen molar-refractivity contribution < 1.29 is 0 Å². The lowest BCUT2D eigenvalue weighted by molar-refractivity contribution is 0.205. The number of rotatable bonds is 5. The molecule has 2 heterocycles. The van der Waals surface area contributed by atoms with Crippen molar-refractivity contribution in [3.63, 3.8) is 0 Å². The zero-order valence-corrected chi connectivity index (χ0v) is 16.1. The second kappa shape index (κ2) is 6.65. The van der Waals surface area contributed by atoms with Gasteiger partial charge in [-0.05, 0) is 37.1 Å². The highest BCUT2D eigenvalue weighted by Gasteiger charge is 2.16. The van der Waals surface area contributed by atoms with Crippen LogP contribution in [0.3, 0.4) is 0 Å². The molecule has 3 nitrogen and oxygen atoms in total. The van der Waals surface area contributed by atoms with Crippen LogP contribution < -0.4 is 0 Å². The van der Waals surface area contributed by atoms with Crippen molar-refractivity contribution in [3.8, 4) is 0 Å². The van der Waals surface area contributed by atoms with Gasteiger partial charge in [-0.2, -0.15) is 0 Å². The number of aromatic nitrogens is 2. The van der Waals surface area contributed by atoms with E-state index in [-0.39, 0.29) is 0 Å². The van der Waals surface area contributed by atoms with Gasteiger partial charge >= 0.3 is 0 Å². The van der Waals surface area contributed by atoms with Crippen LogP contribution in [0.2, 0.25) is 0 Å². The summed E-state index contributed by atoms with van der Waals surface area (Å²) in [4.78, 5) is 2.56. The van der Waals surface area contributed by atoms with Crippen LogP contribution >= 0.6 is 0 Å². The Morgan fingerprint density at radius 3 is 1.58 bits per heavy atom. The lowest BCUT2D eigenvalue weighted by Crippen LogP contribution is -2.29. The Morgan fingerprint density at radius 1 is 0.731 bits per heavy atom. The van der Waals surface area contributed by atoms with E-state index >= 15 is 0 Å². The average Bonchev–Trinajstić information content (AvgIpc) is 3.13. The standard InChI is InChI=1S/C23H27N3/c1-17(2)26(15-18-13-24(3)22-11-7-5-9-20(18)22)16-19-14-25(4)23-12-8-6-10-21(19)23/h5-14,17H,15-16H2,1-4H3. The maximum Gasteiger partial charge on any atom is 0.0481 e. The molecule has 2 aromatic heterocycles. The molecule has 0 atom stereocenters. The van der Waals surface area contributed by atoms with Crippen LogP contribution in [0, 0.1) is 0 Å². The van der Waals surface area contributed by atoms with Gasteiger partial charge in [-0.25, -0.2) is 0 Å². The maximum absolute atomic E-state index is 2.56. The quantitative estimate of drug-likeness (QED) is 0.491. The Morgan fingerprint density at radius 2 is 1.15 bits per heavy atom. The summed E-state index contributed by atoms with van der Waals surface area (Å²) in [6, 6.07) is 17.8. The Balaban J connectivity index is 1.68. The van der Waals surface area contributed by atoms with Crippen LogP contribution in [0.4, 0.5) is 0 Å². The van der Waals surface area contributed by atoms with Crippen molar-refractivity contribution >= 4 is 21.8 Å². The Kier molecular flexibility index (Phi) is 4.33. The van der Waals surface area contributed by atoms with Crippen LogP contribution in [0.5, 0.6) is 0 Å². The maximum atomic E-state index is 2.56. The number of hydrogen-bond donors (Lipinski definition) is 0. The van der Waals surface area contributed by atoms with Crippen molar-refractivity contribution in [2.24, 2.45) is 14.1 Å². The fourth-order valence-corrected chi connectivity index (χ4v) is 3.96. The Hall–Kier alpha value is -2.52. The molecule has 0 amide bonds. The van der Waals surface area contributed by atoms with E-state index in [9.17, 15) is 0 Å². The van der Waals surface area contributed by atoms with Crippen molar-refractivity contribution in [2.75, 3.05) is 0 Å². The molecule has 2 aromatic carbocycles. The molecule has 0 saturated heterocycles. The molecule has 0 aliphatic heterocycles. The fourth-order valence-electron chi connectivity index (χ4n) is 3.96. The minimum Gasteiger partial charge on any atom is -0.350 e. The number of fused-ring (bicyclic) bond motifs is 2. The van der Waals surface area contributed by atoms with Gasteiger partial charge in [0.05, 0.1) is 0 Å². The van der Waals surface area contributed by atoms with Crippen LogP contribution in [0.1, 0.15) is 25.0 Å². The number of nitrogens with zero attached hydrogens (tertiary/aromatic N) is 3. The van der Waals surface area contributed by atoms with Crippen molar-refractivity contribution in [1.29, 1.82) is 0 Å². The summed E-state index contributed by atoms with van der Waals surface area (Å²) < 4.78 is 4.47. The second-order valence-corrected chi connectivity index (χ2v) is 7.56. The van der Waals surface area contributed by atoms with Crippen LogP contribution in [0.25, 0.3) is 21.8 Å². The van der Waals surface area contributed by atoms with E-state index in [1.165, 1.54) is 32.9 Å². The van der Waals surface area contributed by atoms with E-state index < -0.39 is 0 Å². The second-order valence-electron chi connectivity index (χ2n) is 7.56. The van der Waals surface area contributed by atoms with Gasteiger partial charge < -0.3 is 9.13 Å². The predicted molar refractivity (Wildman–Crippen MR) is 110 cm³/mol. The van der Waals surface area contributed by atoms with Crippen LogP contribution in [0.15, 0.2) is 60.9 Å². The summed E-state index contributed by atoms with van der Waals surface area (Å²) in [5, 5.41) is 2.72. The molecule has 4 rings (SSSR count). The summed E-state index contributed by atoms with van der Waals surface area (Å²) in [6.07, 6.45) is 4.56. The normalized spacial score (nSPS) is 12.1. The largest absolute Gasteiger partial charge is 0.350 e. The molecule has 26 heavy (non-hydrogen) atoms. The molecule has 0 unspecified atom stereocenters. The van der Waals surface area contributed by atoms with Crippen LogP contribution in [-0.2, 0) is 27.2 Å². The molecular formula is C23H27N3. The summed E-state index contributed by atoms with van der Waals surface area (Å²) in [5.74, 6) is 0. The molecule has 4 aromatic rings. The van der Waals surface area contributed by atoms with E-state index in [4.69, 9.17) is 0 Å². The van der Waals surface area contributed by atoms with Gasteiger partial charge in [0.2, 0.25) is 0 Å². The number of hydrogen-bond acceptors (Lipinski definition) is 1. The highest BCUT2D eigenvalue weighted by molar-refractivity contribution is 5.84. The van der Waals surface area contributed by atoms with Gasteiger partial charge in [-0.15, -0.1) is 0 Å². The van der Waals surface area contributed by atoms with E-state index in [1.807, 2.05) is 0 Å². The zero-order chi connectivity index (χ0) is 18.3. The van der Waals surface area contributed by atoms with Gasteiger partial charge in [-0.3, -0.25) is 4.90 Å². The summed E-state index contributed by atoms with van der Waals surface area (Å²) in [6.45, 7) is 6.50. The minimum atomic E-state index is 0.480. The lowest BCUT2D eigenvalue weighted by Gasteiger charge is -2.26. The average molecular weight is 345 g/mol. The number of aryl methyl sites for hydroxylation is 2. The highest BCUT2D eigenvalue weighted by Crippen LogP contribution is 2.26. The Bertz CT molecular complexity index is 970. The monoisotopic (exact) mass is 345 g/mol. The summed E-state index contributed by atoms with van der Waals surface area (Å²) in [5.41, 5.74) is 5.40. The Labute approximate surface area is 155 Å². The zero-order valence-electron chi connectivity index (χ0n) is 16.1. The summed E-state index contributed by atoms with van der Waals surface area (Å²) in [7, 11) is 4.27. The van der Waals surface area contributed by atoms with E-state index in [0.29, 0.717) is 6.04 Å². The van der Waals surface area contributed by atoms with Gasteiger partial charge in [0, 0.05) is 67.4 Å². The van der Waals surface area contributed by atoms with Gasteiger partial charge in [0.1, 0.15) is 0 Å². The fraction of sp³-hybridized carbons (Fsp3) is 0.304. The summed E-state index contributed by atoms with van der Waals surface area (Å²) >= 11 is 0. The number of para-hydroxylation sites is 2. The van der Waals surface area contributed by atoms with E-state index in [2.05, 4.69) is 103 Å². The molecule has 0 aliphatic carbocycles. The molecule has 0 fully saturated rings. The SMILES string of the molecule is CC(C)N(Cc1cn(C)c2ccccc12)Cc1cn(C)c2ccccc12. The molecule has 0 saturated carbocycles. The molecule has 0 radical (unpaired) electrons. The molecule has 0 aliphatic rings. The smallest absolute Gasteiger partial charge is 0.0481 e. The molecule has 0 spiro atoms. The molecular weight excluding hydrogens is 318 g/mol. The van der Waals surface area contributed by atoms with Gasteiger partial charge in [0.15, 0.2) is 0 Å². The first-order valence-electron chi connectivity index (χ1n) is 9.34. The van der Waals surface area contributed by atoms with Crippen molar-refractivity contribution in [1.82, 2.24) is 14.0 Å². The minimum absolute atomic E-state index is 0.480. The third-order valence-electron chi connectivity index (χ3n) is 5.44. The first-order valence-corrected chi connectivity index (χ1v) is 9.34. The first kappa shape index (κ1) is 16.9. The van der Waals surface area contributed by atoms with E-state index in [1.54, 1.807) is 0 Å². The van der Waals surface area contributed by atoms with E-state index in [0.717, 1.165) is 13.1 Å². The highest BCUT2D eigenvalue weighted by atomic mass is 15.1. The van der Waals surface area contributed by atoms with Crippen molar-refractivity contribution in [2.45, 2.75) is 33.0 Å². The third-order valence-corrected chi connectivity index (χ3v) is 5.44. The van der Waals surface area contributed by atoms with Gasteiger partial charge in [0.25, 0.3) is 0 Å². The first-order chi connectivity index (χ1) is 12.5. The lowest BCUT2D eigenvalue weighted by atomic mass is 10.1. The third kappa shape index (κ3) is 2.93. The van der Waals surface area contributed by atoms with Crippen molar-refractivity contribution in [3.05, 3.63) is 72.1 Å². The molecule has 0 N–H and O–H groups in total.